The summed E-state index contributed by atoms with van der Waals surface area (Å²) >= 11 is 0. The number of fused-ring (bicyclic) bond motifs is 1. The van der Waals surface area contributed by atoms with Gasteiger partial charge in [0.2, 0.25) is 0 Å². The standard InChI is InChI=1S/C10H8N.Y/c1-8-6-9-4-2-3-5-10(9)11-7-8;/h2-6H,1H3;/q-1;. The number of para-hydroxylation sites is 1. The largest absolute Gasteiger partial charge is 0.386 e. The SMILES string of the molecule is Cc1[c-]nc2ccccc2c1.[Y]. The molecule has 57 valence electrons. The van der Waals surface area contributed by atoms with E-state index in [0.717, 1.165) is 11.1 Å². The Morgan fingerprint density at radius 3 is 2.83 bits per heavy atom. The van der Waals surface area contributed by atoms with Gasteiger partial charge in [-0.25, -0.2) is 0 Å². The Kier molecular flexibility index (Phi) is 3.36. The molecule has 1 radical (unpaired) electrons. The first kappa shape index (κ1) is 9.82. The van der Waals surface area contributed by atoms with E-state index in [0.29, 0.717) is 0 Å². The number of pyridine rings is 1. The van der Waals surface area contributed by atoms with Gasteiger partial charge < -0.3 is 4.98 Å². The molecule has 1 aromatic heterocycles. The Morgan fingerprint density at radius 1 is 1.25 bits per heavy atom. The summed E-state index contributed by atoms with van der Waals surface area (Å²) in [7, 11) is 0. The zero-order valence-corrected chi connectivity index (χ0v) is 9.75. The Balaban J connectivity index is 0.000000720. The van der Waals surface area contributed by atoms with E-state index in [1.54, 1.807) is 0 Å². The molecule has 0 spiro atoms. The summed E-state index contributed by atoms with van der Waals surface area (Å²) in [6.07, 6.45) is 2.92. The molecule has 1 nitrogen and oxygen atoms in total. The van der Waals surface area contributed by atoms with E-state index >= 15 is 0 Å². The van der Waals surface area contributed by atoms with Crippen LogP contribution in [0.25, 0.3) is 10.9 Å². The number of rotatable bonds is 0. The van der Waals surface area contributed by atoms with Crippen LogP contribution in [0.4, 0.5) is 0 Å². The van der Waals surface area contributed by atoms with Gasteiger partial charge in [-0.3, -0.25) is 0 Å². The van der Waals surface area contributed by atoms with Gasteiger partial charge >= 0.3 is 0 Å². The maximum absolute atomic E-state index is 4.16. The van der Waals surface area contributed by atoms with Crippen LogP contribution in [0, 0.1) is 13.1 Å². The van der Waals surface area contributed by atoms with Crippen molar-refractivity contribution in [3.8, 4) is 0 Å². The predicted octanol–water partition coefficient (Wildman–Crippen LogP) is 2.34. The van der Waals surface area contributed by atoms with E-state index in [-0.39, 0.29) is 32.7 Å². The van der Waals surface area contributed by atoms with Crippen molar-refractivity contribution in [2.24, 2.45) is 0 Å². The van der Waals surface area contributed by atoms with Crippen molar-refractivity contribution in [2.75, 3.05) is 0 Å². The molecule has 0 atom stereocenters. The van der Waals surface area contributed by atoms with Gasteiger partial charge in [0.05, 0.1) is 0 Å². The molecule has 0 unspecified atom stereocenters. The van der Waals surface area contributed by atoms with Gasteiger partial charge in [-0.1, -0.05) is 37.4 Å². The molecule has 1 heterocycles. The maximum atomic E-state index is 4.16. The van der Waals surface area contributed by atoms with Crippen LogP contribution in [0.1, 0.15) is 5.56 Å². The Morgan fingerprint density at radius 2 is 2.00 bits per heavy atom. The molecule has 0 saturated heterocycles. The summed E-state index contributed by atoms with van der Waals surface area (Å²) in [5.74, 6) is 0. The fourth-order valence-corrected chi connectivity index (χ4v) is 1.13. The molecule has 1 aromatic carbocycles. The van der Waals surface area contributed by atoms with Gasteiger partial charge in [-0.05, 0) is 5.52 Å². The zero-order chi connectivity index (χ0) is 7.68. The van der Waals surface area contributed by atoms with Crippen LogP contribution in [0.3, 0.4) is 0 Å². The van der Waals surface area contributed by atoms with E-state index < -0.39 is 0 Å². The van der Waals surface area contributed by atoms with Gasteiger partial charge in [0.25, 0.3) is 0 Å². The van der Waals surface area contributed by atoms with Crippen LogP contribution in [-0.4, -0.2) is 4.98 Å². The van der Waals surface area contributed by atoms with Crippen LogP contribution in [0.15, 0.2) is 30.3 Å². The van der Waals surface area contributed by atoms with Crippen LogP contribution >= 0.6 is 0 Å². The van der Waals surface area contributed by atoms with E-state index in [1.165, 1.54) is 5.39 Å². The predicted molar refractivity (Wildman–Crippen MR) is 45.3 cm³/mol. The van der Waals surface area contributed by atoms with Crippen molar-refractivity contribution in [1.82, 2.24) is 4.98 Å². The van der Waals surface area contributed by atoms with Gasteiger partial charge in [-0.2, -0.15) is 6.07 Å². The van der Waals surface area contributed by atoms with Crippen molar-refractivity contribution in [3.05, 3.63) is 42.1 Å². The first-order valence-corrected chi connectivity index (χ1v) is 3.60. The summed E-state index contributed by atoms with van der Waals surface area (Å²) in [5, 5.41) is 1.18. The minimum absolute atomic E-state index is 0. The van der Waals surface area contributed by atoms with Gasteiger partial charge in [0.15, 0.2) is 0 Å². The van der Waals surface area contributed by atoms with Gasteiger partial charge in [0.1, 0.15) is 0 Å². The number of nitrogens with zero attached hydrogens (tertiary/aromatic N) is 1. The van der Waals surface area contributed by atoms with Gasteiger partial charge in [0, 0.05) is 32.7 Å². The van der Waals surface area contributed by atoms with E-state index in [9.17, 15) is 0 Å². The zero-order valence-electron chi connectivity index (χ0n) is 6.91. The molecule has 2 aromatic rings. The van der Waals surface area contributed by atoms with E-state index in [4.69, 9.17) is 0 Å². The van der Waals surface area contributed by atoms with Crippen molar-refractivity contribution >= 4 is 10.9 Å². The number of hydrogen-bond donors (Lipinski definition) is 0. The molecule has 0 fully saturated rings. The van der Waals surface area contributed by atoms with Crippen LogP contribution in [-0.2, 0) is 32.7 Å². The average molecular weight is 231 g/mol. The molecular formula is C10H8NY-. The van der Waals surface area contributed by atoms with E-state index in [1.807, 2.05) is 25.1 Å². The minimum Gasteiger partial charge on any atom is -0.386 e. The topological polar surface area (TPSA) is 12.9 Å². The molecule has 2 heteroatoms. The fraction of sp³-hybridized carbons (Fsp3) is 0.100. The quantitative estimate of drug-likeness (QED) is 0.634. The molecule has 12 heavy (non-hydrogen) atoms. The summed E-state index contributed by atoms with van der Waals surface area (Å²) in [5.41, 5.74) is 2.10. The van der Waals surface area contributed by atoms with Crippen LogP contribution in [0.2, 0.25) is 0 Å². The first-order chi connectivity index (χ1) is 5.36. The third-order valence-corrected chi connectivity index (χ3v) is 1.66. The molecule has 0 aliphatic heterocycles. The molecule has 0 N–H and O–H groups in total. The molecule has 0 amide bonds. The summed E-state index contributed by atoms with van der Waals surface area (Å²) in [6, 6.07) is 10.1. The van der Waals surface area contributed by atoms with Crippen LogP contribution in [0.5, 0.6) is 0 Å². The summed E-state index contributed by atoms with van der Waals surface area (Å²) in [4.78, 5) is 4.16. The van der Waals surface area contributed by atoms with Crippen molar-refractivity contribution in [3.63, 3.8) is 0 Å². The fourth-order valence-electron chi connectivity index (χ4n) is 1.13. The number of benzene rings is 1. The molecular weight excluding hydrogens is 223 g/mol. The van der Waals surface area contributed by atoms with Gasteiger partial charge in [-0.15, -0.1) is 10.9 Å². The molecule has 0 saturated carbocycles. The normalized spacial score (nSPS) is 9.42. The summed E-state index contributed by atoms with van der Waals surface area (Å²) < 4.78 is 0. The number of hydrogen-bond acceptors (Lipinski definition) is 1. The minimum atomic E-state index is 0. The molecule has 0 bridgehead atoms. The molecule has 0 aliphatic carbocycles. The third kappa shape index (κ3) is 1.91. The monoisotopic (exact) mass is 231 g/mol. The Labute approximate surface area is 97.1 Å². The van der Waals surface area contributed by atoms with Crippen LogP contribution < -0.4 is 0 Å². The summed E-state index contributed by atoms with van der Waals surface area (Å²) in [6.45, 7) is 2.00. The second-order valence-electron chi connectivity index (χ2n) is 2.61. The second-order valence-corrected chi connectivity index (χ2v) is 2.61. The maximum Gasteiger partial charge on any atom is 0 e. The van der Waals surface area contributed by atoms with Crippen molar-refractivity contribution < 1.29 is 32.7 Å². The number of aryl methyl sites for hydroxylation is 1. The Bertz CT molecular complexity index is 384. The first-order valence-electron chi connectivity index (χ1n) is 3.60. The Hall–Kier alpha value is -0.266. The third-order valence-electron chi connectivity index (χ3n) is 1.66. The second kappa shape index (κ2) is 4.11. The average Bonchev–Trinajstić information content (AvgIpc) is 2.04. The molecule has 2 rings (SSSR count). The molecule has 0 aliphatic rings. The van der Waals surface area contributed by atoms with E-state index in [2.05, 4.69) is 23.3 Å². The van der Waals surface area contributed by atoms with Crippen molar-refractivity contribution in [1.29, 1.82) is 0 Å². The smallest absolute Gasteiger partial charge is 0 e. The van der Waals surface area contributed by atoms with Crippen molar-refractivity contribution in [2.45, 2.75) is 6.92 Å². The number of aromatic nitrogens is 1.